The van der Waals surface area contributed by atoms with Crippen molar-refractivity contribution in [3.63, 3.8) is 0 Å². The molecule has 0 aliphatic carbocycles. The predicted molar refractivity (Wildman–Crippen MR) is 74.0 cm³/mol. The van der Waals surface area contributed by atoms with Gasteiger partial charge in [0.1, 0.15) is 10.6 Å². The number of hydrogen-bond acceptors (Lipinski definition) is 4. The number of methoxy groups -OCH3 is 1. The lowest BCUT2D eigenvalue weighted by Gasteiger charge is -2.20. The summed E-state index contributed by atoms with van der Waals surface area (Å²) in [6.07, 6.45) is 0. The van der Waals surface area contributed by atoms with Gasteiger partial charge in [-0.2, -0.15) is 0 Å². The molecule has 0 aromatic heterocycles. The molecule has 5 nitrogen and oxygen atoms in total. The van der Waals surface area contributed by atoms with E-state index in [2.05, 4.69) is 4.72 Å². The fourth-order valence-corrected chi connectivity index (χ4v) is 3.11. The van der Waals surface area contributed by atoms with Crippen LogP contribution in [0.2, 0.25) is 5.02 Å². The van der Waals surface area contributed by atoms with Crippen LogP contribution in [0.1, 0.15) is 13.8 Å². The van der Waals surface area contributed by atoms with E-state index in [1.54, 1.807) is 13.8 Å². The van der Waals surface area contributed by atoms with Gasteiger partial charge in [-0.3, -0.25) is 0 Å². The summed E-state index contributed by atoms with van der Waals surface area (Å²) in [7, 11) is -2.34. The van der Waals surface area contributed by atoms with E-state index in [-0.39, 0.29) is 23.2 Å². The molecule has 0 fully saturated rings. The number of halogens is 1. The molecule has 1 aromatic carbocycles. The highest BCUT2D eigenvalue weighted by atomic mass is 35.5. The average molecular weight is 308 g/mol. The molecule has 1 aromatic rings. The number of benzene rings is 1. The summed E-state index contributed by atoms with van der Waals surface area (Å²) < 4.78 is 32.0. The van der Waals surface area contributed by atoms with Crippen molar-refractivity contribution in [2.45, 2.75) is 24.8 Å². The van der Waals surface area contributed by atoms with Gasteiger partial charge >= 0.3 is 0 Å². The number of aliphatic hydroxyl groups is 1. The Morgan fingerprint density at radius 1 is 1.42 bits per heavy atom. The second kappa shape index (κ2) is 6.56. The van der Waals surface area contributed by atoms with Crippen molar-refractivity contribution in [1.82, 2.24) is 4.72 Å². The first-order valence-corrected chi connectivity index (χ1v) is 7.64. The van der Waals surface area contributed by atoms with Gasteiger partial charge in [-0.05, 0) is 25.0 Å². The third-order valence-electron chi connectivity index (χ3n) is 2.90. The number of sulfonamides is 1. The van der Waals surface area contributed by atoms with Crippen molar-refractivity contribution in [3.05, 3.63) is 23.2 Å². The van der Waals surface area contributed by atoms with Crippen LogP contribution in [0.3, 0.4) is 0 Å². The summed E-state index contributed by atoms with van der Waals surface area (Å²) in [5.41, 5.74) is 0. The Hall–Kier alpha value is -0.820. The molecule has 0 aliphatic rings. The first-order chi connectivity index (χ1) is 8.81. The highest BCUT2D eigenvalue weighted by Crippen LogP contribution is 2.27. The van der Waals surface area contributed by atoms with E-state index in [1.807, 2.05) is 0 Å². The van der Waals surface area contributed by atoms with Crippen molar-refractivity contribution >= 4 is 21.6 Å². The van der Waals surface area contributed by atoms with Crippen LogP contribution in [0.25, 0.3) is 0 Å². The normalized spacial score (nSPS) is 15.0. The monoisotopic (exact) mass is 307 g/mol. The molecular formula is C12H18ClNO4S. The van der Waals surface area contributed by atoms with E-state index in [9.17, 15) is 8.42 Å². The zero-order valence-corrected chi connectivity index (χ0v) is 12.6. The molecule has 0 saturated heterocycles. The van der Waals surface area contributed by atoms with Gasteiger partial charge in [0, 0.05) is 23.7 Å². The first kappa shape index (κ1) is 16.2. The van der Waals surface area contributed by atoms with Gasteiger partial charge < -0.3 is 9.84 Å². The minimum atomic E-state index is -3.72. The van der Waals surface area contributed by atoms with Crippen LogP contribution in [0.5, 0.6) is 5.75 Å². The Morgan fingerprint density at radius 2 is 2.05 bits per heavy atom. The SMILES string of the molecule is COc1cc(Cl)ccc1S(=O)(=O)NC(C)C(C)CO. The fourth-order valence-electron chi connectivity index (χ4n) is 1.45. The summed E-state index contributed by atoms with van der Waals surface area (Å²) in [6.45, 7) is 3.36. The molecular weight excluding hydrogens is 290 g/mol. The largest absolute Gasteiger partial charge is 0.495 e. The zero-order valence-electron chi connectivity index (χ0n) is 11.1. The standard InChI is InChI=1S/C12H18ClNO4S/c1-8(7-15)9(2)14-19(16,17)12-5-4-10(13)6-11(12)18-3/h4-6,8-9,14-15H,7H2,1-3H3. The highest BCUT2D eigenvalue weighted by Gasteiger charge is 2.24. The molecule has 2 unspecified atom stereocenters. The van der Waals surface area contributed by atoms with Crippen LogP contribution >= 0.6 is 11.6 Å². The predicted octanol–water partition coefficient (Wildman–Crippen LogP) is 1.64. The van der Waals surface area contributed by atoms with Gasteiger partial charge in [0.2, 0.25) is 10.0 Å². The van der Waals surface area contributed by atoms with Crippen LogP contribution < -0.4 is 9.46 Å². The van der Waals surface area contributed by atoms with Crippen LogP contribution in [0.4, 0.5) is 0 Å². The lowest BCUT2D eigenvalue weighted by atomic mass is 10.1. The molecule has 108 valence electrons. The molecule has 2 atom stereocenters. The molecule has 7 heteroatoms. The summed E-state index contributed by atoms with van der Waals surface area (Å²) in [6, 6.07) is 3.92. The molecule has 1 rings (SSSR count). The van der Waals surface area contributed by atoms with E-state index in [0.717, 1.165) is 0 Å². The zero-order chi connectivity index (χ0) is 14.6. The molecule has 0 aliphatic heterocycles. The quantitative estimate of drug-likeness (QED) is 0.838. The summed E-state index contributed by atoms with van der Waals surface area (Å²) in [5.74, 6) is -0.00285. The van der Waals surface area contributed by atoms with Crippen LogP contribution in [0.15, 0.2) is 23.1 Å². The lowest BCUT2D eigenvalue weighted by molar-refractivity contribution is 0.216. The van der Waals surface area contributed by atoms with Gasteiger partial charge in [-0.15, -0.1) is 0 Å². The number of aliphatic hydroxyl groups excluding tert-OH is 1. The fraction of sp³-hybridized carbons (Fsp3) is 0.500. The summed E-state index contributed by atoms with van der Waals surface area (Å²) >= 11 is 5.80. The molecule has 0 saturated carbocycles. The Bertz CT molecular complexity index is 533. The Morgan fingerprint density at radius 3 is 2.58 bits per heavy atom. The second-order valence-electron chi connectivity index (χ2n) is 4.37. The van der Waals surface area contributed by atoms with E-state index in [0.29, 0.717) is 5.02 Å². The molecule has 0 heterocycles. The van der Waals surface area contributed by atoms with E-state index in [1.165, 1.54) is 25.3 Å². The highest BCUT2D eigenvalue weighted by molar-refractivity contribution is 7.89. The second-order valence-corrected chi connectivity index (χ2v) is 6.48. The minimum absolute atomic E-state index is 0.0244. The molecule has 0 bridgehead atoms. The van der Waals surface area contributed by atoms with Crippen LogP contribution in [-0.2, 0) is 10.0 Å². The van der Waals surface area contributed by atoms with Gasteiger partial charge in [-0.25, -0.2) is 13.1 Å². The van der Waals surface area contributed by atoms with Crippen molar-refractivity contribution in [2.75, 3.05) is 13.7 Å². The topological polar surface area (TPSA) is 75.6 Å². The Balaban J connectivity index is 3.07. The van der Waals surface area contributed by atoms with Gasteiger partial charge in [0.25, 0.3) is 0 Å². The molecule has 0 spiro atoms. The maximum Gasteiger partial charge on any atom is 0.244 e. The molecule has 19 heavy (non-hydrogen) atoms. The van der Waals surface area contributed by atoms with Gasteiger partial charge in [0.15, 0.2) is 0 Å². The van der Waals surface area contributed by atoms with Crippen molar-refractivity contribution in [1.29, 1.82) is 0 Å². The van der Waals surface area contributed by atoms with Crippen molar-refractivity contribution in [2.24, 2.45) is 5.92 Å². The van der Waals surface area contributed by atoms with Crippen LogP contribution in [0, 0.1) is 5.92 Å². The molecule has 0 radical (unpaired) electrons. The Labute approximate surface area is 118 Å². The Kier molecular flexibility index (Phi) is 5.61. The van der Waals surface area contributed by atoms with E-state index in [4.69, 9.17) is 21.4 Å². The number of ether oxygens (including phenoxy) is 1. The smallest absolute Gasteiger partial charge is 0.244 e. The number of rotatable bonds is 6. The third kappa shape index (κ3) is 4.07. The van der Waals surface area contributed by atoms with Crippen molar-refractivity contribution in [3.8, 4) is 5.75 Å². The van der Waals surface area contributed by atoms with Crippen LogP contribution in [-0.4, -0.2) is 33.3 Å². The third-order valence-corrected chi connectivity index (χ3v) is 4.73. The van der Waals surface area contributed by atoms with Gasteiger partial charge in [0.05, 0.1) is 7.11 Å². The maximum absolute atomic E-state index is 12.2. The maximum atomic E-state index is 12.2. The van der Waals surface area contributed by atoms with Crippen molar-refractivity contribution < 1.29 is 18.3 Å². The van der Waals surface area contributed by atoms with Gasteiger partial charge in [-0.1, -0.05) is 18.5 Å². The average Bonchev–Trinajstić information content (AvgIpc) is 2.36. The minimum Gasteiger partial charge on any atom is -0.495 e. The summed E-state index contributed by atoms with van der Waals surface area (Å²) in [5, 5.41) is 9.43. The van der Waals surface area contributed by atoms with E-state index >= 15 is 0 Å². The number of nitrogens with one attached hydrogen (secondary N) is 1. The molecule has 0 amide bonds. The summed E-state index contributed by atoms with van der Waals surface area (Å²) in [4.78, 5) is 0.0244. The van der Waals surface area contributed by atoms with E-state index < -0.39 is 16.1 Å². The number of hydrogen-bond donors (Lipinski definition) is 2. The lowest BCUT2D eigenvalue weighted by Crippen LogP contribution is -2.38. The molecule has 2 N–H and O–H groups in total. The first-order valence-electron chi connectivity index (χ1n) is 5.78.